The maximum atomic E-state index is 12.3. The van der Waals surface area contributed by atoms with Crippen molar-refractivity contribution in [2.75, 3.05) is 39.6 Å². The summed E-state index contributed by atoms with van der Waals surface area (Å²) in [6, 6.07) is 3.04. The Balaban J connectivity index is 2.62. The number of carbonyl (C=O) groups excluding carboxylic acids is 3. The predicted octanol–water partition coefficient (Wildman–Crippen LogP) is 2.13. The molecule has 0 aliphatic carbocycles. The summed E-state index contributed by atoms with van der Waals surface area (Å²) < 4.78 is 20.1. The monoisotopic (exact) mass is 495 g/mol. The van der Waals surface area contributed by atoms with E-state index in [1.165, 1.54) is 32.3 Å². The van der Waals surface area contributed by atoms with Crippen LogP contribution in [0.1, 0.15) is 10.4 Å². The van der Waals surface area contributed by atoms with Gasteiger partial charge in [-0.25, -0.2) is 14.4 Å². The lowest BCUT2D eigenvalue weighted by Crippen LogP contribution is -2.39. The van der Waals surface area contributed by atoms with Crippen LogP contribution in [0.5, 0.6) is 0 Å². The highest BCUT2D eigenvalue weighted by Crippen LogP contribution is 2.36. The van der Waals surface area contributed by atoms with Crippen LogP contribution in [0.2, 0.25) is 5.02 Å². The van der Waals surface area contributed by atoms with Gasteiger partial charge in [0, 0.05) is 0 Å². The molecule has 0 amide bonds. The second-order valence-corrected chi connectivity index (χ2v) is 6.42. The molecule has 1 aliphatic heterocycles. The average molecular weight is 496 g/mol. The predicted molar refractivity (Wildman–Crippen MR) is 99.9 cm³/mol. The number of ether oxygens (including phenoxy) is 4. The number of hydrogen-bond acceptors (Lipinski definition) is 8. The molecule has 0 bridgehead atoms. The van der Waals surface area contributed by atoms with Crippen LogP contribution in [-0.2, 0) is 28.5 Å². The van der Waals surface area contributed by atoms with E-state index in [1.807, 2.05) is 22.6 Å². The van der Waals surface area contributed by atoms with Crippen molar-refractivity contribution in [3.8, 4) is 0 Å². The van der Waals surface area contributed by atoms with Gasteiger partial charge in [0.25, 0.3) is 0 Å². The molecule has 0 saturated heterocycles. The van der Waals surface area contributed by atoms with Gasteiger partial charge in [0.2, 0.25) is 0 Å². The second kappa shape index (κ2) is 8.69. The van der Waals surface area contributed by atoms with Gasteiger partial charge in [0.1, 0.15) is 12.4 Å². The van der Waals surface area contributed by atoms with Crippen molar-refractivity contribution in [2.45, 2.75) is 0 Å². The number of carbonyl (C=O) groups is 3. The van der Waals surface area contributed by atoms with Gasteiger partial charge < -0.3 is 23.8 Å². The van der Waals surface area contributed by atoms with Crippen LogP contribution in [0.25, 0.3) is 0 Å². The molecule has 1 aromatic carbocycles. The molecule has 0 fully saturated rings. The van der Waals surface area contributed by atoms with E-state index in [2.05, 4.69) is 4.74 Å². The summed E-state index contributed by atoms with van der Waals surface area (Å²) in [7, 11) is 3.66. The van der Waals surface area contributed by atoms with Gasteiger partial charge in [-0.05, 0) is 34.7 Å². The zero-order valence-electron chi connectivity index (χ0n) is 14.1. The number of hydrogen-bond donors (Lipinski definition) is 0. The van der Waals surface area contributed by atoms with Crippen molar-refractivity contribution in [1.82, 2.24) is 0 Å². The number of nitrogens with zero attached hydrogens (tertiary/aromatic N) is 1. The van der Waals surface area contributed by atoms with Crippen LogP contribution in [0, 0.1) is 3.57 Å². The van der Waals surface area contributed by atoms with E-state index in [4.69, 9.17) is 25.8 Å². The van der Waals surface area contributed by atoms with Crippen LogP contribution in [0.3, 0.4) is 0 Å². The highest BCUT2D eigenvalue weighted by atomic mass is 127. The smallest absolute Gasteiger partial charge is 0.355 e. The van der Waals surface area contributed by atoms with Crippen molar-refractivity contribution < 1.29 is 33.3 Å². The van der Waals surface area contributed by atoms with Crippen LogP contribution < -0.4 is 4.90 Å². The van der Waals surface area contributed by atoms with Gasteiger partial charge in [-0.3, -0.25) is 0 Å². The van der Waals surface area contributed by atoms with Crippen LogP contribution in [0.15, 0.2) is 23.4 Å². The summed E-state index contributed by atoms with van der Waals surface area (Å²) in [6.07, 6.45) is 0. The normalized spacial score (nSPS) is 14.1. The van der Waals surface area contributed by atoms with Gasteiger partial charge >= 0.3 is 17.9 Å². The molecular formula is C16H15ClINO7. The Hall–Kier alpha value is -1.85. The third-order valence-electron chi connectivity index (χ3n) is 3.59. The van der Waals surface area contributed by atoms with E-state index in [0.29, 0.717) is 9.26 Å². The molecule has 0 saturated carbocycles. The van der Waals surface area contributed by atoms with Crippen LogP contribution in [-0.4, -0.2) is 52.6 Å². The Morgan fingerprint density at radius 1 is 1.08 bits per heavy atom. The third-order valence-corrected chi connectivity index (χ3v) is 5.39. The summed E-state index contributed by atoms with van der Waals surface area (Å²) in [4.78, 5) is 37.6. The number of benzene rings is 1. The first kappa shape index (κ1) is 20.5. The molecule has 0 N–H and O–H groups in total. The molecule has 0 radical (unpaired) electrons. The van der Waals surface area contributed by atoms with Gasteiger partial charge in [0.05, 0.1) is 53.4 Å². The van der Waals surface area contributed by atoms with Gasteiger partial charge in [-0.2, -0.15) is 0 Å². The van der Waals surface area contributed by atoms with E-state index in [0.717, 1.165) is 0 Å². The zero-order valence-corrected chi connectivity index (χ0v) is 17.0. The number of halogens is 2. The Morgan fingerprint density at radius 3 is 2.27 bits per heavy atom. The first-order chi connectivity index (χ1) is 12.4. The van der Waals surface area contributed by atoms with E-state index >= 15 is 0 Å². The van der Waals surface area contributed by atoms with Crippen molar-refractivity contribution in [3.05, 3.63) is 37.6 Å². The number of rotatable bonds is 4. The Bertz CT molecular complexity index is 793. The van der Waals surface area contributed by atoms with Gasteiger partial charge in [0.15, 0.2) is 0 Å². The van der Waals surface area contributed by atoms with E-state index in [1.54, 1.807) is 6.07 Å². The Kier molecular flexibility index (Phi) is 6.84. The van der Waals surface area contributed by atoms with Crippen molar-refractivity contribution in [1.29, 1.82) is 0 Å². The largest absolute Gasteiger partial charge is 0.466 e. The summed E-state index contributed by atoms with van der Waals surface area (Å²) >= 11 is 8.21. The molecule has 0 aromatic heterocycles. The summed E-state index contributed by atoms with van der Waals surface area (Å²) in [5, 5.41) is 0.157. The number of esters is 3. The molecule has 8 nitrogen and oxygen atoms in total. The first-order valence-corrected chi connectivity index (χ1v) is 8.64. The number of anilines is 1. The van der Waals surface area contributed by atoms with E-state index in [-0.39, 0.29) is 35.2 Å². The maximum Gasteiger partial charge on any atom is 0.355 e. The fourth-order valence-electron chi connectivity index (χ4n) is 2.35. The minimum Gasteiger partial charge on any atom is -0.466 e. The minimum absolute atomic E-state index is 0.00889. The standard InChI is InChI=1S/C16H15ClINO7/c1-23-14(20)8-4-5-10(12(18)11(8)17)19-7-26-6-9(15(21)24-2)13(19)16(22)25-3/h4-5H,6-7H2,1-3H3. The fraction of sp³-hybridized carbons (Fsp3) is 0.312. The highest BCUT2D eigenvalue weighted by molar-refractivity contribution is 14.1. The minimum atomic E-state index is -0.724. The van der Waals surface area contributed by atoms with Crippen LogP contribution >= 0.6 is 34.2 Å². The van der Waals surface area contributed by atoms with Gasteiger partial charge in [-0.15, -0.1) is 0 Å². The van der Waals surface area contributed by atoms with Crippen molar-refractivity contribution in [2.24, 2.45) is 0 Å². The van der Waals surface area contributed by atoms with Crippen molar-refractivity contribution in [3.63, 3.8) is 0 Å². The SMILES string of the molecule is COC(=O)C1=C(C(=O)OC)N(c2ccc(C(=O)OC)c(Cl)c2I)COC1. The van der Waals surface area contributed by atoms with E-state index < -0.39 is 17.9 Å². The highest BCUT2D eigenvalue weighted by Gasteiger charge is 2.34. The summed E-state index contributed by atoms with van der Waals surface area (Å²) in [6.45, 7) is -0.118. The molecule has 0 spiro atoms. The lowest BCUT2D eigenvalue weighted by atomic mass is 10.1. The van der Waals surface area contributed by atoms with E-state index in [9.17, 15) is 14.4 Å². The molecule has 2 rings (SSSR count). The molecule has 140 valence electrons. The Labute approximate surface area is 168 Å². The summed E-state index contributed by atoms with van der Waals surface area (Å²) in [5.41, 5.74) is 0.654. The van der Waals surface area contributed by atoms with Crippen LogP contribution in [0.4, 0.5) is 5.69 Å². The quantitative estimate of drug-likeness (QED) is 0.356. The zero-order chi connectivity index (χ0) is 19.4. The molecule has 0 atom stereocenters. The molecule has 1 heterocycles. The summed E-state index contributed by atoms with van der Waals surface area (Å²) in [5.74, 6) is -2.02. The molecule has 0 unspecified atom stereocenters. The lowest BCUT2D eigenvalue weighted by molar-refractivity contribution is -0.140. The molecule has 1 aliphatic rings. The average Bonchev–Trinajstić information content (AvgIpc) is 2.67. The lowest BCUT2D eigenvalue weighted by Gasteiger charge is -2.32. The first-order valence-electron chi connectivity index (χ1n) is 7.18. The number of methoxy groups -OCH3 is 3. The molecular weight excluding hydrogens is 481 g/mol. The maximum absolute atomic E-state index is 12.3. The molecule has 26 heavy (non-hydrogen) atoms. The molecule has 10 heteroatoms. The van der Waals surface area contributed by atoms with Gasteiger partial charge in [-0.1, -0.05) is 11.6 Å². The molecule has 1 aromatic rings. The second-order valence-electron chi connectivity index (χ2n) is 4.97. The fourth-order valence-corrected chi connectivity index (χ4v) is 3.35. The third kappa shape index (κ3) is 3.79. The topological polar surface area (TPSA) is 91.4 Å². The van der Waals surface area contributed by atoms with Crippen molar-refractivity contribution >= 4 is 57.8 Å². The Morgan fingerprint density at radius 2 is 1.69 bits per heavy atom.